The zero-order chi connectivity index (χ0) is 16.7. The third-order valence-electron chi connectivity index (χ3n) is 4.36. The fourth-order valence-electron chi connectivity index (χ4n) is 3.11. The van der Waals surface area contributed by atoms with Gasteiger partial charge in [0.2, 0.25) is 0 Å². The van der Waals surface area contributed by atoms with Crippen molar-refractivity contribution in [2.45, 2.75) is 20.8 Å². The van der Waals surface area contributed by atoms with Crippen LogP contribution in [0.25, 0.3) is 33.8 Å². The van der Waals surface area contributed by atoms with Crippen LogP contribution in [0.5, 0.6) is 0 Å². The molecule has 0 atom stereocenters. The van der Waals surface area contributed by atoms with E-state index in [4.69, 9.17) is 0 Å². The summed E-state index contributed by atoms with van der Waals surface area (Å²) in [5.74, 6) is 0. The SMILES string of the molecule is Cc1ccc(-c2cc(-c3ccc(C)[nH]3)cc(-c3ccc(C)[nH]3)c2)[nH]1. The van der Waals surface area contributed by atoms with Crippen molar-refractivity contribution >= 4 is 0 Å². The van der Waals surface area contributed by atoms with E-state index in [2.05, 4.69) is 90.3 Å². The van der Waals surface area contributed by atoms with Crippen molar-refractivity contribution in [3.05, 3.63) is 71.7 Å². The lowest BCUT2D eigenvalue weighted by atomic mass is 10.00. The van der Waals surface area contributed by atoms with Crippen molar-refractivity contribution in [3.63, 3.8) is 0 Å². The Bertz CT molecular complexity index is 856. The molecule has 0 saturated heterocycles. The Morgan fingerprint density at radius 2 is 0.750 bits per heavy atom. The minimum atomic E-state index is 1.14. The maximum atomic E-state index is 3.44. The number of nitrogens with one attached hydrogen (secondary N) is 3. The highest BCUT2D eigenvalue weighted by Crippen LogP contribution is 2.32. The molecule has 120 valence electrons. The van der Waals surface area contributed by atoms with Gasteiger partial charge in [0.05, 0.1) is 0 Å². The molecule has 4 aromatic rings. The molecular weight excluding hydrogens is 294 g/mol. The van der Waals surface area contributed by atoms with E-state index < -0.39 is 0 Å². The summed E-state index contributed by atoms with van der Waals surface area (Å²) in [6, 6.07) is 19.4. The summed E-state index contributed by atoms with van der Waals surface area (Å²) in [4.78, 5) is 10.3. The van der Waals surface area contributed by atoms with Gasteiger partial charge in [-0.1, -0.05) is 0 Å². The van der Waals surface area contributed by atoms with Crippen LogP contribution in [0.1, 0.15) is 17.1 Å². The van der Waals surface area contributed by atoms with Gasteiger partial charge in [0.15, 0.2) is 0 Å². The van der Waals surface area contributed by atoms with Crippen LogP contribution in [0.2, 0.25) is 0 Å². The number of H-pyrrole nitrogens is 3. The number of hydrogen-bond donors (Lipinski definition) is 3. The van der Waals surface area contributed by atoms with Gasteiger partial charge in [0, 0.05) is 34.2 Å². The lowest BCUT2D eigenvalue weighted by Crippen LogP contribution is -1.87. The third kappa shape index (κ3) is 2.69. The summed E-state index contributed by atoms with van der Waals surface area (Å²) >= 11 is 0. The van der Waals surface area contributed by atoms with Gasteiger partial charge in [0.1, 0.15) is 0 Å². The van der Waals surface area contributed by atoms with Crippen molar-refractivity contribution in [3.8, 4) is 33.8 Å². The van der Waals surface area contributed by atoms with Gasteiger partial charge < -0.3 is 15.0 Å². The Kier molecular flexibility index (Phi) is 3.42. The van der Waals surface area contributed by atoms with E-state index in [0.29, 0.717) is 0 Å². The molecule has 0 aliphatic rings. The minimum absolute atomic E-state index is 1.14. The first-order valence-corrected chi connectivity index (χ1v) is 8.21. The van der Waals surface area contributed by atoms with E-state index in [1.165, 1.54) is 33.8 Å². The van der Waals surface area contributed by atoms with E-state index in [-0.39, 0.29) is 0 Å². The molecule has 3 heterocycles. The Morgan fingerprint density at radius 3 is 0.958 bits per heavy atom. The number of benzene rings is 1. The van der Waals surface area contributed by atoms with Crippen molar-refractivity contribution < 1.29 is 0 Å². The van der Waals surface area contributed by atoms with Crippen LogP contribution in [0, 0.1) is 20.8 Å². The first-order valence-electron chi connectivity index (χ1n) is 8.21. The van der Waals surface area contributed by atoms with Gasteiger partial charge in [-0.2, -0.15) is 0 Å². The lowest BCUT2D eigenvalue weighted by Gasteiger charge is -2.08. The Hall–Kier alpha value is -2.94. The fraction of sp³-hybridized carbons (Fsp3) is 0.143. The second-order valence-corrected chi connectivity index (χ2v) is 6.46. The van der Waals surface area contributed by atoms with E-state index in [0.717, 1.165) is 17.1 Å². The lowest BCUT2D eigenvalue weighted by molar-refractivity contribution is 1.25. The minimum Gasteiger partial charge on any atom is -0.359 e. The molecule has 4 rings (SSSR count). The fourth-order valence-corrected chi connectivity index (χ4v) is 3.11. The molecule has 3 heteroatoms. The number of aromatic amines is 3. The molecule has 0 aliphatic heterocycles. The second-order valence-electron chi connectivity index (χ2n) is 6.46. The highest BCUT2D eigenvalue weighted by Gasteiger charge is 2.10. The van der Waals surface area contributed by atoms with Crippen LogP contribution in [-0.4, -0.2) is 15.0 Å². The summed E-state index contributed by atoms with van der Waals surface area (Å²) in [6.45, 7) is 6.24. The summed E-state index contributed by atoms with van der Waals surface area (Å²) in [5.41, 5.74) is 10.5. The molecule has 0 radical (unpaired) electrons. The summed E-state index contributed by atoms with van der Waals surface area (Å²) < 4.78 is 0. The third-order valence-corrected chi connectivity index (χ3v) is 4.36. The molecule has 0 amide bonds. The molecule has 0 bridgehead atoms. The molecule has 0 aliphatic carbocycles. The highest BCUT2D eigenvalue weighted by atomic mass is 14.7. The van der Waals surface area contributed by atoms with Gasteiger partial charge in [-0.05, 0) is 92.1 Å². The van der Waals surface area contributed by atoms with Crippen LogP contribution in [0.4, 0.5) is 0 Å². The predicted molar refractivity (Wildman–Crippen MR) is 100 cm³/mol. The number of hydrogen-bond acceptors (Lipinski definition) is 0. The monoisotopic (exact) mass is 315 g/mol. The summed E-state index contributed by atoms with van der Waals surface area (Å²) in [5, 5.41) is 0. The molecule has 0 fully saturated rings. The Morgan fingerprint density at radius 1 is 0.458 bits per heavy atom. The molecule has 24 heavy (non-hydrogen) atoms. The van der Waals surface area contributed by atoms with Gasteiger partial charge in [-0.3, -0.25) is 0 Å². The maximum Gasteiger partial charge on any atom is 0.0456 e. The van der Waals surface area contributed by atoms with E-state index in [9.17, 15) is 0 Å². The molecular formula is C21H21N3. The van der Waals surface area contributed by atoms with Crippen LogP contribution in [0.15, 0.2) is 54.6 Å². The quantitative estimate of drug-likeness (QED) is 0.441. The smallest absolute Gasteiger partial charge is 0.0456 e. The molecule has 0 saturated carbocycles. The summed E-state index contributed by atoms with van der Waals surface area (Å²) in [7, 11) is 0. The molecule has 0 unspecified atom stereocenters. The van der Waals surface area contributed by atoms with Crippen molar-refractivity contribution in [2.24, 2.45) is 0 Å². The first-order chi connectivity index (χ1) is 11.6. The maximum absolute atomic E-state index is 3.44. The number of aryl methyl sites for hydroxylation is 3. The van der Waals surface area contributed by atoms with Crippen molar-refractivity contribution in [2.75, 3.05) is 0 Å². The van der Waals surface area contributed by atoms with E-state index >= 15 is 0 Å². The normalized spacial score (nSPS) is 11.1. The van der Waals surface area contributed by atoms with Crippen LogP contribution < -0.4 is 0 Å². The first kappa shape index (κ1) is 14.6. The zero-order valence-electron chi connectivity index (χ0n) is 14.2. The second kappa shape index (κ2) is 5.60. The molecule has 3 nitrogen and oxygen atoms in total. The van der Waals surface area contributed by atoms with Gasteiger partial charge in [-0.25, -0.2) is 0 Å². The van der Waals surface area contributed by atoms with Crippen molar-refractivity contribution in [1.82, 2.24) is 15.0 Å². The topological polar surface area (TPSA) is 47.4 Å². The standard InChI is InChI=1S/C21H21N3/c1-13-4-7-19(22-13)16-10-17(20-8-5-14(2)23-20)12-18(11-16)21-9-6-15(3)24-21/h4-12,22-24H,1-3H3. The van der Waals surface area contributed by atoms with Crippen LogP contribution in [0.3, 0.4) is 0 Å². The highest BCUT2D eigenvalue weighted by molar-refractivity contribution is 5.78. The van der Waals surface area contributed by atoms with Gasteiger partial charge in [0.25, 0.3) is 0 Å². The van der Waals surface area contributed by atoms with E-state index in [1.807, 2.05) is 0 Å². The Balaban J connectivity index is 1.90. The predicted octanol–water partition coefficient (Wildman–Crippen LogP) is 5.60. The average Bonchev–Trinajstić information content (AvgIpc) is 3.28. The van der Waals surface area contributed by atoms with Gasteiger partial charge in [-0.15, -0.1) is 0 Å². The van der Waals surface area contributed by atoms with Crippen LogP contribution >= 0.6 is 0 Å². The Labute approximate surface area is 141 Å². The average molecular weight is 315 g/mol. The van der Waals surface area contributed by atoms with E-state index in [1.54, 1.807) is 0 Å². The van der Waals surface area contributed by atoms with Crippen LogP contribution in [-0.2, 0) is 0 Å². The number of aromatic nitrogens is 3. The van der Waals surface area contributed by atoms with Gasteiger partial charge >= 0.3 is 0 Å². The molecule has 1 aromatic carbocycles. The summed E-state index contributed by atoms with van der Waals surface area (Å²) in [6.07, 6.45) is 0. The molecule has 3 aromatic heterocycles. The van der Waals surface area contributed by atoms with Crippen molar-refractivity contribution in [1.29, 1.82) is 0 Å². The largest absolute Gasteiger partial charge is 0.359 e. The number of rotatable bonds is 3. The zero-order valence-corrected chi connectivity index (χ0v) is 14.2. The molecule has 0 spiro atoms. The molecule has 3 N–H and O–H groups in total.